The minimum absolute atomic E-state index is 1.17. The van der Waals surface area contributed by atoms with Crippen LogP contribution in [0.1, 0.15) is 0 Å². The average molecular weight is 773 g/mol. The zero-order valence-electron chi connectivity index (χ0n) is 31.6. The van der Waals surface area contributed by atoms with Gasteiger partial charge in [0.15, 0.2) is 8.07 Å². The molecule has 0 amide bonds. The van der Waals surface area contributed by atoms with Crippen molar-refractivity contribution in [3.8, 4) is 11.4 Å². The van der Waals surface area contributed by atoms with Crippen molar-refractivity contribution in [1.29, 1.82) is 0 Å². The lowest BCUT2D eigenvalue weighted by Gasteiger charge is -2.35. The highest BCUT2D eigenvalue weighted by molar-refractivity contribution is 7.26. The number of nitrogens with zero attached hydrogens (tertiary/aromatic N) is 2. The molecule has 3 heterocycles. The Kier molecular flexibility index (Phi) is 7.46. The first-order chi connectivity index (χ1) is 28.8. The van der Waals surface area contributed by atoms with Crippen LogP contribution < -0.4 is 20.7 Å². The topological polar surface area (TPSA) is 9.86 Å². The number of benzene rings is 9. The molecule has 0 aliphatic heterocycles. The molecule has 2 nitrogen and oxygen atoms in total. The molecule has 0 saturated carbocycles. The molecule has 12 aromatic rings. The number of hydrogen-bond donors (Lipinski definition) is 0. The summed E-state index contributed by atoms with van der Waals surface area (Å²) in [6.07, 6.45) is 0. The Morgan fingerprint density at radius 2 is 0.810 bits per heavy atom. The third kappa shape index (κ3) is 4.76. The van der Waals surface area contributed by atoms with Gasteiger partial charge in [0, 0.05) is 53.1 Å². The van der Waals surface area contributed by atoms with Gasteiger partial charge in [0.1, 0.15) is 0 Å². The zero-order valence-corrected chi connectivity index (χ0v) is 33.4. The fourth-order valence-electron chi connectivity index (χ4n) is 9.85. The van der Waals surface area contributed by atoms with Crippen molar-refractivity contribution in [3.63, 3.8) is 0 Å². The average Bonchev–Trinajstić information content (AvgIpc) is 3.96. The smallest absolute Gasteiger partial charge is 0.179 e. The van der Waals surface area contributed by atoms with Crippen molar-refractivity contribution in [3.05, 3.63) is 218 Å². The van der Waals surface area contributed by atoms with Crippen molar-refractivity contribution in [2.45, 2.75) is 0 Å². The molecule has 0 saturated heterocycles. The van der Waals surface area contributed by atoms with Crippen LogP contribution in [0.3, 0.4) is 0 Å². The number of thiophene rings is 1. The highest BCUT2D eigenvalue weighted by Gasteiger charge is 2.41. The summed E-state index contributed by atoms with van der Waals surface area (Å²) < 4.78 is 7.59. The highest BCUT2D eigenvalue weighted by Crippen LogP contribution is 2.43. The number of aromatic nitrogens is 2. The van der Waals surface area contributed by atoms with Gasteiger partial charge in [0.25, 0.3) is 0 Å². The van der Waals surface area contributed by atoms with Crippen LogP contribution in [0.5, 0.6) is 0 Å². The summed E-state index contributed by atoms with van der Waals surface area (Å²) in [5.74, 6) is 0. The third-order valence-corrected chi connectivity index (χ3v) is 18.2. The summed E-state index contributed by atoms with van der Waals surface area (Å²) in [4.78, 5) is 0. The van der Waals surface area contributed by atoms with Crippen LogP contribution >= 0.6 is 11.3 Å². The summed E-state index contributed by atoms with van der Waals surface area (Å²) >= 11 is 1.88. The lowest BCUT2D eigenvalue weighted by atomic mass is 10.1. The maximum absolute atomic E-state index is 2.88. The fourth-order valence-corrected chi connectivity index (χ4v) is 15.7. The molecule has 0 aliphatic carbocycles. The predicted molar refractivity (Wildman–Crippen MR) is 252 cm³/mol. The van der Waals surface area contributed by atoms with E-state index in [2.05, 4.69) is 228 Å². The van der Waals surface area contributed by atoms with E-state index in [0.29, 0.717) is 0 Å². The van der Waals surface area contributed by atoms with Crippen LogP contribution in [0, 0.1) is 0 Å². The van der Waals surface area contributed by atoms with E-state index in [-0.39, 0.29) is 0 Å². The second-order valence-electron chi connectivity index (χ2n) is 15.2. The molecule has 272 valence electrons. The number of para-hydroxylation sites is 3. The molecule has 4 heteroatoms. The lowest BCUT2D eigenvalue weighted by molar-refractivity contribution is 1.18. The molecule has 0 N–H and O–H groups in total. The van der Waals surface area contributed by atoms with Crippen molar-refractivity contribution in [2.75, 3.05) is 0 Å². The second kappa shape index (κ2) is 13.0. The first kappa shape index (κ1) is 33.2. The van der Waals surface area contributed by atoms with Gasteiger partial charge in [-0.05, 0) is 75.3 Å². The molecule has 3 aromatic heterocycles. The van der Waals surface area contributed by atoms with E-state index in [1.54, 1.807) is 0 Å². The maximum atomic E-state index is 2.51. The van der Waals surface area contributed by atoms with Gasteiger partial charge in [-0.25, -0.2) is 0 Å². The van der Waals surface area contributed by atoms with Crippen molar-refractivity contribution >= 4 is 104 Å². The summed E-state index contributed by atoms with van der Waals surface area (Å²) in [5.41, 5.74) is 7.28. The van der Waals surface area contributed by atoms with Gasteiger partial charge in [0.2, 0.25) is 0 Å². The molecule has 0 atom stereocenters. The van der Waals surface area contributed by atoms with E-state index in [0.717, 1.165) is 0 Å². The number of hydrogen-bond acceptors (Lipinski definition) is 1. The van der Waals surface area contributed by atoms with Gasteiger partial charge < -0.3 is 9.13 Å². The normalized spacial score (nSPS) is 12.1. The Bertz CT molecular complexity index is 3410. The minimum atomic E-state index is -2.88. The zero-order chi connectivity index (χ0) is 38.2. The van der Waals surface area contributed by atoms with E-state index >= 15 is 0 Å². The Labute approximate surface area is 341 Å². The van der Waals surface area contributed by atoms with Gasteiger partial charge in [-0.3, -0.25) is 0 Å². The summed E-state index contributed by atoms with van der Waals surface area (Å²) in [5, 5.41) is 13.2. The predicted octanol–water partition coefficient (Wildman–Crippen LogP) is 11.6. The molecule has 0 bridgehead atoms. The Morgan fingerprint density at radius 3 is 1.45 bits per heavy atom. The molecule has 12 rings (SSSR count). The summed E-state index contributed by atoms with van der Waals surface area (Å²) in [6, 6.07) is 81.5. The van der Waals surface area contributed by atoms with E-state index in [1.165, 1.54) is 95.9 Å². The van der Waals surface area contributed by atoms with Crippen LogP contribution in [-0.2, 0) is 0 Å². The largest absolute Gasteiger partial charge is 0.309 e. The number of rotatable bonds is 6. The van der Waals surface area contributed by atoms with Crippen molar-refractivity contribution < 1.29 is 0 Å². The molecular formula is C54H36N2SSi. The molecular weight excluding hydrogens is 737 g/mol. The Morgan fingerprint density at radius 1 is 0.310 bits per heavy atom. The van der Waals surface area contributed by atoms with Gasteiger partial charge in [-0.15, -0.1) is 11.3 Å². The second-order valence-corrected chi connectivity index (χ2v) is 20.1. The molecule has 9 aromatic carbocycles. The van der Waals surface area contributed by atoms with Gasteiger partial charge in [0.05, 0.1) is 22.1 Å². The quantitative estimate of drug-likeness (QED) is 0.118. The molecule has 0 spiro atoms. The number of fused-ring (bicyclic) bond motifs is 10. The SMILES string of the molecule is c1ccc([Si](c2ccccc2)(c2ccc(-n3c4ccccc4c4ccc5sc6ccccc6c5c43)cc2)c2cccc(-n3c4ccccc4c4ccccc43)c2)cc1. The molecule has 0 aliphatic rings. The highest BCUT2D eigenvalue weighted by atomic mass is 32.1. The summed E-state index contributed by atoms with van der Waals surface area (Å²) in [7, 11) is -2.88. The van der Waals surface area contributed by atoms with Crippen LogP contribution in [-0.4, -0.2) is 17.2 Å². The van der Waals surface area contributed by atoms with E-state index < -0.39 is 8.07 Å². The van der Waals surface area contributed by atoms with E-state index in [9.17, 15) is 0 Å². The maximum Gasteiger partial charge on any atom is 0.179 e. The van der Waals surface area contributed by atoms with Crippen molar-refractivity contribution in [1.82, 2.24) is 9.13 Å². The minimum Gasteiger partial charge on any atom is -0.309 e. The van der Waals surface area contributed by atoms with Crippen LogP contribution in [0.4, 0.5) is 0 Å². The third-order valence-electron chi connectivity index (χ3n) is 12.3. The Hall–Kier alpha value is -6.98. The lowest BCUT2D eigenvalue weighted by Crippen LogP contribution is -2.74. The standard InChI is InChI=1S/C54H36N2SSi/c1-3-17-39(18-4-1)58(40-19-5-2-6-20-40,42-21-15-16-38(36-42)55-48-26-11-7-22-43(48)44-23-8-12-27-49(44)55)41-32-30-37(31-33-41)56-50-28-13-9-24-45(50)46-34-35-52-53(54(46)56)47-25-10-14-29-51(47)57-52/h1-36H. The van der Waals surface area contributed by atoms with Crippen LogP contribution in [0.25, 0.3) is 75.2 Å². The van der Waals surface area contributed by atoms with E-state index in [4.69, 9.17) is 0 Å². The first-order valence-corrected chi connectivity index (χ1v) is 22.8. The fraction of sp³-hybridized carbons (Fsp3) is 0. The van der Waals surface area contributed by atoms with Crippen molar-refractivity contribution in [2.24, 2.45) is 0 Å². The van der Waals surface area contributed by atoms with Gasteiger partial charge >= 0.3 is 0 Å². The molecule has 0 fully saturated rings. The van der Waals surface area contributed by atoms with Gasteiger partial charge in [-0.1, -0.05) is 164 Å². The van der Waals surface area contributed by atoms with Gasteiger partial charge in [-0.2, -0.15) is 0 Å². The Balaban J connectivity index is 1.12. The summed E-state index contributed by atoms with van der Waals surface area (Å²) in [6.45, 7) is 0. The molecule has 58 heavy (non-hydrogen) atoms. The molecule has 0 unspecified atom stereocenters. The monoisotopic (exact) mass is 772 g/mol. The van der Waals surface area contributed by atoms with E-state index in [1.807, 2.05) is 11.3 Å². The first-order valence-electron chi connectivity index (χ1n) is 19.9. The molecule has 0 radical (unpaired) electrons. The van der Waals surface area contributed by atoms with Crippen LogP contribution in [0.15, 0.2) is 218 Å². The van der Waals surface area contributed by atoms with Crippen LogP contribution in [0.2, 0.25) is 0 Å².